The van der Waals surface area contributed by atoms with Crippen LogP contribution in [0.4, 0.5) is 0 Å². The van der Waals surface area contributed by atoms with E-state index in [1.54, 1.807) is 0 Å². The molecule has 2 N–H and O–H groups in total. The highest BCUT2D eigenvalue weighted by Gasteiger charge is 2.22. The molecule has 1 aromatic rings. The standard InChI is InChI=1S/C9H9IN2O/c10-7-4-2-1-3-6(7)9-11-5-8(13)12-9/h1-4,9,11H,5H2,(H,12,13). The lowest BCUT2D eigenvalue weighted by Gasteiger charge is -2.12. The second-order valence-corrected chi connectivity index (χ2v) is 4.07. The topological polar surface area (TPSA) is 41.1 Å². The number of halogens is 1. The Bertz CT molecular complexity index is 340. The molecule has 68 valence electrons. The Morgan fingerprint density at radius 1 is 1.38 bits per heavy atom. The molecule has 1 saturated heterocycles. The van der Waals surface area contributed by atoms with Gasteiger partial charge in [0.05, 0.1) is 6.54 Å². The van der Waals surface area contributed by atoms with Gasteiger partial charge in [-0.15, -0.1) is 0 Å². The number of hydrogen-bond acceptors (Lipinski definition) is 2. The van der Waals surface area contributed by atoms with Crippen LogP contribution in [0.1, 0.15) is 11.7 Å². The fourth-order valence-corrected chi connectivity index (χ4v) is 2.05. The summed E-state index contributed by atoms with van der Waals surface area (Å²) in [6.07, 6.45) is -0.0133. The van der Waals surface area contributed by atoms with E-state index in [4.69, 9.17) is 0 Å². The Hall–Kier alpha value is -0.620. The summed E-state index contributed by atoms with van der Waals surface area (Å²) in [6.45, 7) is 0.412. The van der Waals surface area contributed by atoms with Gasteiger partial charge < -0.3 is 5.32 Å². The van der Waals surface area contributed by atoms with Gasteiger partial charge in [-0.05, 0) is 28.7 Å². The van der Waals surface area contributed by atoms with Crippen molar-refractivity contribution in [2.75, 3.05) is 6.54 Å². The molecule has 0 saturated carbocycles. The average Bonchev–Trinajstić information content (AvgIpc) is 2.53. The van der Waals surface area contributed by atoms with Crippen molar-refractivity contribution in [1.29, 1.82) is 0 Å². The highest BCUT2D eigenvalue weighted by molar-refractivity contribution is 14.1. The van der Waals surface area contributed by atoms with E-state index in [0.717, 1.165) is 5.56 Å². The molecule has 0 radical (unpaired) electrons. The average molecular weight is 288 g/mol. The minimum Gasteiger partial charge on any atom is -0.336 e. The zero-order valence-corrected chi connectivity index (χ0v) is 9.04. The van der Waals surface area contributed by atoms with Crippen molar-refractivity contribution in [2.45, 2.75) is 6.17 Å². The van der Waals surface area contributed by atoms with Gasteiger partial charge in [0.2, 0.25) is 5.91 Å². The van der Waals surface area contributed by atoms with Crippen LogP contribution in [0.15, 0.2) is 24.3 Å². The van der Waals surface area contributed by atoms with Gasteiger partial charge in [0.1, 0.15) is 6.17 Å². The highest BCUT2D eigenvalue weighted by Crippen LogP contribution is 2.19. The first-order valence-electron chi connectivity index (χ1n) is 4.04. The smallest absolute Gasteiger partial charge is 0.235 e. The summed E-state index contributed by atoms with van der Waals surface area (Å²) in [4.78, 5) is 11.0. The van der Waals surface area contributed by atoms with E-state index in [9.17, 15) is 4.79 Å². The molecule has 13 heavy (non-hydrogen) atoms. The first kappa shape index (κ1) is 8.96. The van der Waals surface area contributed by atoms with Crippen LogP contribution in [0.25, 0.3) is 0 Å². The third-order valence-electron chi connectivity index (χ3n) is 1.99. The summed E-state index contributed by atoms with van der Waals surface area (Å²) < 4.78 is 1.17. The molecule has 1 heterocycles. The fourth-order valence-electron chi connectivity index (χ4n) is 1.35. The summed E-state index contributed by atoms with van der Waals surface area (Å²) >= 11 is 2.27. The Morgan fingerprint density at radius 3 is 2.77 bits per heavy atom. The molecule has 4 heteroatoms. The monoisotopic (exact) mass is 288 g/mol. The molecule has 2 rings (SSSR count). The lowest BCUT2D eigenvalue weighted by Crippen LogP contribution is -2.23. The Labute approximate surface area is 90.0 Å². The van der Waals surface area contributed by atoms with E-state index in [0.29, 0.717) is 6.54 Å². The number of hydrogen-bond donors (Lipinski definition) is 2. The Kier molecular flexibility index (Phi) is 2.50. The first-order valence-corrected chi connectivity index (χ1v) is 5.12. The summed E-state index contributed by atoms with van der Waals surface area (Å²) in [6, 6.07) is 8.01. The van der Waals surface area contributed by atoms with Gasteiger partial charge in [-0.2, -0.15) is 0 Å². The number of carbonyl (C=O) groups excluding carboxylic acids is 1. The van der Waals surface area contributed by atoms with Gasteiger partial charge in [-0.25, -0.2) is 0 Å². The maximum atomic E-state index is 11.0. The number of carbonyl (C=O) groups is 1. The largest absolute Gasteiger partial charge is 0.336 e. The molecule has 3 nitrogen and oxygen atoms in total. The molecule has 1 aliphatic rings. The summed E-state index contributed by atoms with van der Waals surface area (Å²) in [5, 5.41) is 5.95. The Balaban J connectivity index is 2.26. The van der Waals surface area contributed by atoms with Crippen molar-refractivity contribution in [3.63, 3.8) is 0 Å². The van der Waals surface area contributed by atoms with Crippen molar-refractivity contribution < 1.29 is 4.79 Å². The van der Waals surface area contributed by atoms with E-state index in [2.05, 4.69) is 33.2 Å². The SMILES string of the molecule is O=C1CNC(c2ccccc2I)N1. The summed E-state index contributed by atoms with van der Waals surface area (Å²) in [5.41, 5.74) is 1.13. The molecule has 1 aliphatic heterocycles. The van der Waals surface area contributed by atoms with Crippen molar-refractivity contribution in [3.8, 4) is 0 Å². The van der Waals surface area contributed by atoms with Crippen LogP contribution in [0.5, 0.6) is 0 Å². The van der Waals surface area contributed by atoms with Crippen LogP contribution in [0.2, 0.25) is 0 Å². The van der Waals surface area contributed by atoms with E-state index < -0.39 is 0 Å². The quantitative estimate of drug-likeness (QED) is 0.757. The number of amides is 1. The molecule has 0 bridgehead atoms. The molecular weight excluding hydrogens is 279 g/mol. The van der Waals surface area contributed by atoms with Gasteiger partial charge in [-0.1, -0.05) is 18.2 Å². The molecular formula is C9H9IN2O. The number of rotatable bonds is 1. The van der Waals surface area contributed by atoms with Gasteiger partial charge in [0.25, 0.3) is 0 Å². The molecule has 1 aromatic carbocycles. The molecule has 0 spiro atoms. The van der Waals surface area contributed by atoms with E-state index in [-0.39, 0.29) is 12.1 Å². The van der Waals surface area contributed by atoms with Gasteiger partial charge in [0.15, 0.2) is 0 Å². The Morgan fingerprint density at radius 2 is 2.15 bits per heavy atom. The van der Waals surface area contributed by atoms with Gasteiger partial charge in [-0.3, -0.25) is 10.1 Å². The van der Waals surface area contributed by atoms with Crippen LogP contribution >= 0.6 is 22.6 Å². The minimum absolute atomic E-state index is 0.0133. The predicted octanol–water partition coefficient (Wildman–Crippen LogP) is 1.01. The molecule has 1 unspecified atom stereocenters. The second kappa shape index (κ2) is 3.63. The van der Waals surface area contributed by atoms with Crippen LogP contribution < -0.4 is 10.6 Å². The van der Waals surface area contributed by atoms with Crippen LogP contribution in [-0.2, 0) is 4.79 Å². The molecule has 1 amide bonds. The number of nitrogens with one attached hydrogen (secondary N) is 2. The van der Waals surface area contributed by atoms with Crippen LogP contribution in [0, 0.1) is 3.57 Å². The maximum Gasteiger partial charge on any atom is 0.235 e. The first-order chi connectivity index (χ1) is 6.27. The lowest BCUT2D eigenvalue weighted by atomic mass is 10.2. The maximum absolute atomic E-state index is 11.0. The van der Waals surface area contributed by atoms with Crippen LogP contribution in [-0.4, -0.2) is 12.5 Å². The third-order valence-corrected chi connectivity index (χ3v) is 2.97. The second-order valence-electron chi connectivity index (χ2n) is 2.90. The van der Waals surface area contributed by atoms with Gasteiger partial charge >= 0.3 is 0 Å². The van der Waals surface area contributed by atoms with Crippen molar-refractivity contribution in [2.24, 2.45) is 0 Å². The predicted molar refractivity (Wildman–Crippen MR) is 58.0 cm³/mol. The third kappa shape index (κ3) is 1.83. The van der Waals surface area contributed by atoms with Crippen molar-refractivity contribution in [3.05, 3.63) is 33.4 Å². The van der Waals surface area contributed by atoms with Crippen molar-refractivity contribution in [1.82, 2.24) is 10.6 Å². The molecule has 1 fully saturated rings. The molecule has 0 aliphatic carbocycles. The van der Waals surface area contributed by atoms with Crippen LogP contribution in [0.3, 0.4) is 0 Å². The zero-order chi connectivity index (χ0) is 9.26. The molecule has 1 atom stereocenters. The van der Waals surface area contributed by atoms with E-state index in [1.807, 2.05) is 24.3 Å². The number of benzene rings is 1. The van der Waals surface area contributed by atoms with E-state index >= 15 is 0 Å². The van der Waals surface area contributed by atoms with Gasteiger partial charge in [0, 0.05) is 9.13 Å². The van der Waals surface area contributed by atoms with Crippen molar-refractivity contribution >= 4 is 28.5 Å². The lowest BCUT2D eigenvalue weighted by molar-refractivity contribution is -0.118. The summed E-state index contributed by atoms with van der Waals surface area (Å²) in [7, 11) is 0. The normalized spacial score (nSPS) is 21.6. The minimum atomic E-state index is -0.0133. The highest BCUT2D eigenvalue weighted by atomic mass is 127. The zero-order valence-electron chi connectivity index (χ0n) is 6.88. The fraction of sp³-hybridized carbons (Fsp3) is 0.222. The molecule has 0 aromatic heterocycles. The summed E-state index contributed by atoms with van der Waals surface area (Å²) in [5.74, 6) is 0.0599. The van der Waals surface area contributed by atoms with E-state index in [1.165, 1.54) is 3.57 Å².